The smallest absolute Gasteiger partial charge is 0.231 e. The van der Waals surface area contributed by atoms with Gasteiger partial charge in [-0.3, -0.25) is 4.79 Å². The van der Waals surface area contributed by atoms with E-state index >= 15 is 0 Å². The highest BCUT2D eigenvalue weighted by atomic mass is 32.2. The van der Waals surface area contributed by atoms with Gasteiger partial charge >= 0.3 is 0 Å². The number of halogens is 1. The number of nitrogens with one attached hydrogen (secondary N) is 1. The van der Waals surface area contributed by atoms with E-state index in [0.717, 1.165) is 21.8 Å². The highest BCUT2D eigenvalue weighted by Crippen LogP contribution is 2.27. The van der Waals surface area contributed by atoms with E-state index in [-0.39, 0.29) is 23.5 Å². The molecule has 158 valence electrons. The zero-order valence-corrected chi connectivity index (χ0v) is 18.5. The lowest BCUT2D eigenvalue weighted by atomic mass is 10.1. The maximum absolute atomic E-state index is 13.4. The van der Waals surface area contributed by atoms with Crippen molar-refractivity contribution >= 4 is 29.0 Å². The third-order valence-corrected chi connectivity index (χ3v) is 6.66. The van der Waals surface area contributed by atoms with Crippen LogP contribution in [0.5, 0.6) is 0 Å². The first-order valence-electron chi connectivity index (χ1n) is 9.75. The van der Waals surface area contributed by atoms with E-state index in [1.165, 1.54) is 23.9 Å². The van der Waals surface area contributed by atoms with Crippen LogP contribution in [0.3, 0.4) is 0 Å². The number of thiophene rings is 1. The van der Waals surface area contributed by atoms with Crippen molar-refractivity contribution in [2.45, 2.75) is 24.7 Å². The van der Waals surface area contributed by atoms with E-state index in [1.807, 2.05) is 47.2 Å². The Balaban J connectivity index is 1.44. The van der Waals surface area contributed by atoms with Crippen molar-refractivity contribution in [1.82, 2.24) is 20.1 Å². The Hall–Kier alpha value is -2.97. The minimum atomic E-state index is -0.322. The summed E-state index contributed by atoms with van der Waals surface area (Å²) in [7, 11) is 0. The van der Waals surface area contributed by atoms with Gasteiger partial charge in [-0.2, -0.15) is 0 Å². The minimum absolute atomic E-state index is 0.125. The molecule has 0 aliphatic carbocycles. The summed E-state index contributed by atoms with van der Waals surface area (Å²) in [6, 6.07) is 19.9. The Morgan fingerprint density at radius 3 is 2.58 bits per heavy atom. The number of aromatic nitrogens is 3. The predicted octanol–water partition coefficient (Wildman–Crippen LogP) is 4.83. The number of thioether (sulfide) groups is 1. The number of carbonyl (C=O) groups is 1. The third-order valence-electron chi connectivity index (χ3n) is 4.75. The average Bonchev–Trinajstić information content (AvgIpc) is 3.43. The number of hydrogen-bond acceptors (Lipinski definition) is 5. The van der Waals surface area contributed by atoms with Crippen molar-refractivity contribution in [1.29, 1.82) is 0 Å². The predicted molar refractivity (Wildman–Crippen MR) is 122 cm³/mol. The normalized spacial score (nSPS) is 11.9. The molecule has 0 bridgehead atoms. The fourth-order valence-electron chi connectivity index (χ4n) is 3.18. The standard InChI is InChI=1S/C23H21FN4OS2/c1-16-26-27-23(28(16)14-17-6-3-2-4-7-17)31-15-21(29)25-22(20-8-5-13-30-20)18-9-11-19(24)12-10-18/h2-13,22H,14-15H2,1H3,(H,25,29)/t22-/m0/s1. The summed E-state index contributed by atoms with van der Waals surface area (Å²) in [5.41, 5.74) is 1.98. The molecule has 31 heavy (non-hydrogen) atoms. The molecule has 0 aliphatic rings. The van der Waals surface area contributed by atoms with Crippen molar-refractivity contribution in [3.63, 3.8) is 0 Å². The van der Waals surface area contributed by atoms with E-state index in [4.69, 9.17) is 0 Å². The lowest BCUT2D eigenvalue weighted by Gasteiger charge is -2.18. The first-order valence-corrected chi connectivity index (χ1v) is 11.6. The molecule has 0 fully saturated rings. The molecular formula is C23H21FN4OS2. The van der Waals surface area contributed by atoms with Gasteiger partial charge in [-0.05, 0) is 41.6 Å². The van der Waals surface area contributed by atoms with Gasteiger partial charge < -0.3 is 9.88 Å². The molecule has 0 saturated carbocycles. The first kappa shape index (κ1) is 21.3. The van der Waals surface area contributed by atoms with Gasteiger partial charge in [-0.25, -0.2) is 4.39 Å². The summed E-state index contributed by atoms with van der Waals surface area (Å²) in [5.74, 6) is 0.577. The van der Waals surface area contributed by atoms with Crippen LogP contribution in [0, 0.1) is 12.7 Å². The van der Waals surface area contributed by atoms with Crippen molar-refractivity contribution < 1.29 is 9.18 Å². The fourth-order valence-corrected chi connectivity index (χ4v) is 4.78. The van der Waals surface area contributed by atoms with Crippen LogP contribution in [-0.2, 0) is 11.3 Å². The molecule has 0 unspecified atom stereocenters. The number of rotatable bonds is 8. The molecule has 5 nitrogen and oxygen atoms in total. The summed E-state index contributed by atoms with van der Waals surface area (Å²) in [6.45, 7) is 2.55. The molecule has 2 aromatic carbocycles. The largest absolute Gasteiger partial charge is 0.344 e. The van der Waals surface area contributed by atoms with E-state index in [2.05, 4.69) is 27.6 Å². The maximum Gasteiger partial charge on any atom is 0.231 e. The van der Waals surface area contributed by atoms with Crippen LogP contribution in [0.4, 0.5) is 4.39 Å². The topological polar surface area (TPSA) is 59.8 Å². The van der Waals surface area contributed by atoms with Crippen LogP contribution < -0.4 is 5.32 Å². The second-order valence-corrected chi connectivity index (χ2v) is 8.88. The van der Waals surface area contributed by atoms with Crippen LogP contribution in [0.15, 0.2) is 77.3 Å². The molecule has 2 aromatic heterocycles. The van der Waals surface area contributed by atoms with Crippen molar-refractivity contribution in [2.75, 3.05) is 5.75 Å². The number of benzene rings is 2. The summed E-state index contributed by atoms with van der Waals surface area (Å²) in [4.78, 5) is 13.8. The number of hydrogen-bond donors (Lipinski definition) is 1. The lowest BCUT2D eigenvalue weighted by molar-refractivity contribution is -0.119. The highest BCUT2D eigenvalue weighted by Gasteiger charge is 2.19. The average molecular weight is 453 g/mol. The van der Waals surface area contributed by atoms with Gasteiger partial charge in [0.25, 0.3) is 0 Å². The van der Waals surface area contributed by atoms with Gasteiger partial charge in [0, 0.05) is 4.88 Å². The Labute approximate surface area is 188 Å². The SMILES string of the molecule is Cc1nnc(SCC(=O)N[C@@H](c2ccc(F)cc2)c2cccs2)n1Cc1ccccc1. The molecule has 1 amide bonds. The molecule has 4 rings (SSSR count). The second kappa shape index (κ2) is 9.89. The summed E-state index contributed by atoms with van der Waals surface area (Å²) < 4.78 is 15.4. The van der Waals surface area contributed by atoms with Gasteiger partial charge in [-0.1, -0.05) is 60.3 Å². The second-order valence-electron chi connectivity index (χ2n) is 6.96. The Bertz CT molecular complexity index is 1130. The van der Waals surface area contributed by atoms with E-state index in [0.29, 0.717) is 11.7 Å². The Kier molecular flexibility index (Phi) is 6.79. The van der Waals surface area contributed by atoms with Gasteiger partial charge in [0.2, 0.25) is 5.91 Å². The quantitative estimate of drug-likeness (QED) is 0.389. The highest BCUT2D eigenvalue weighted by molar-refractivity contribution is 7.99. The molecular weight excluding hydrogens is 431 g/mol. The van der Waals surface area contributed by atoms with E-state index in [9.17, 15) is 9.18 Å². The molecule has 1 atom stereocenters. The van der Waals surface area contributed by atoms with E-state index < -0.39 is 0 Å². The maximum atomic E-state index is 13.4. The third kappa shape index (κ3) is 5.39. The van der Waals surface area contributed by atoms with E-state index in [1.54, 1.807) is 23.5 Å². The molecule has 1 N–H and O–H groups in total. The number of aryl methyl sites for hydroxylation is 1. The first-order chi connectivity index (χ1) is 15.1. The van der Waals surface area contributed by atoms with Crippen LogP contribution >= 0.6 is 23.1 Å². The summed E-state index contributed by atoms with van der Waals surface area (Å²) in [6.07, 6.45) is 0. The monoisotopic (exact) mass is 452 g/mol. The molecule has 8 heteroatoms. The summed E-state index contributed by atoms with van der Waals surface area (Å²) >= 11 is 2.90. The van der Waals surface area contributed by atoms with Gasteiger partial charge in [0.15, 0.2) is 5.16 Å². The minimum Gasteiger partial charge on any atom is -0.344 e. The number of carbonyl (C=O) groups excluding carboxylic acids is 1. The Morgan fingerprint density at radius 2 is 1.87 bits per heavy atom. The van der Waals surface area contributed by atoms with Gasteiger partial charge in [-0.15, -0.1) is 21.5 Å². The molecule has 2 heterocycles. The van der Waals surface area contributed by atoms with Crippen molar-refractivity contribution in [3.8, 4) is 0 Å². The molecule has 0 saturated heterocycles. The van der Waals surface area contributed by atoms with Crippen LogP contribution in [0.2, 0.25) is 0 Å². The Morgan fingerprint density at radius 1 is 1.10 bits per heavy atom. The zero-order valence-electron chi connectivity index (χ0n) is 16.9. The summed E-state index contributed by atoms with van der Waals surface area (Å²) in [5, 5.41) is 14.1. The number of amides is 1. The van der Waals surface area contributed by atoms with Crippen LogP contribution in [0.25, 0.3) is 0 Å². The van der Waals surface area contributed by atoms with Crippen molar-refractivity contribution in [2.24, 2.45) is 0 Å². The lowest BCUT2D eigenvalue weighted by Crippen LogP contribution is -2.30. The van der Waals surface area contributed by atoms with Crippen LogP contribution in [0.1, 0.15) is 27.9 Å². The molecule has 4 aromatic rings. The van der Waals surface area contributed by atoms with Crippen molar-refractivity contribution in [3.05, 3.63) is 99.8 Å². The number of nitrogens with zero attached hydrogens (tertiary/aromatic N) is 3. The molecule has 0 aliphatic heterocycles. The van der Waals surface area contributed by atoms with Crippen LogP contribution in [-0.4, -0.2) is 26.4 Å². The fraction of sp³-hybridized carbons (Fsp3) is 0.174. The van der Waals surface area contributed by atoms with Gasteiger partial charge in [0.05, 0.1) is 18.3 Å². The zero-order chi connectivity index (χ0) is 21.6. The van der Waals surface area contributed by atoms with Gasteiger partial charge in [0.1, 0.15) is 11.6 Å². The molecule has 0 spiro atoms. The molecule has 0 radical (unpaired) electrons.